The van der Waals surface area contributed by atoms with Gasteiger partial charge < -0.3 is 16.0 Å². The number of aromatic nitrogens is 3. The molecule has 1 aliphatic carbocycles. The van der Waals surface area contributed by atoms with E-state index >= 15 is 0 Å². The highest BCUT2D eigenvalue weighted by atomic mass is 32.2. The molecule has 0 radical (unpaired) electrons. The Labute approximate surface area is 157 Å². The molecule has 1 aromatic heterocycles. The zero-order valence-corrected chi connectivity index (χ0v) is 16.1. The summed E-state index contributed by atoms with van der Waals surface area (Å²) in [7, 11) is 3.69. The molecule has 0 bridgehead atoms. The Balaban J connectivity index is 1.58. The molecule has 3 N–H and O–H groups in total. The molecule has 26 heavy (non-hydrogen) atoms. The van der Waals surface area contributed by atoms with Crippen molar-refractivity contribution in [2.75, 3.05) is 30.0 Å². The highest BCUT2D eigenvalue weighted by Gasteiger charge is 2.17. The van der Waals surface area contributed by atoms with Gasteiger partial charge in [0.1, 0.15) is 5.82 Å². The van der Waals surface area contributed by atoms with Crippen LogP contribution in [0, 0.1) is 0 Å². The lowest BCUT2D eigenvalue weighted by atomic mass is 10.1. The molecule has 0 aliphatic heterocycles. The lowest BCUT2D eigenvalue weighted by Crippen LogP contribution is -2.23. The molecule has 2 aromatic rings. The normalized spacial score (nSPS) is 14.0. The summed E-state index contributed by atoms with van der Waals surface area (Å²) in [4.78, 5) is 26.8. The van der Waals surface area contributed by atoms with Crippen LogP contribution in [0.4, 0.5) is 17.6 Å². The van der Waals surface area contributed by atoms with Crippen LogP contribution in [0.15, 0.2) is 18.2 Å². The van der Waals surface area contributed by atoms with Gasteiger partial charge in [-0.1, -0.05) is 6.07 Å². The van der Waals surface area contributed by atoms with Gasteiger partial charge in [-0.05, 0) is 49.4 Å². The van der Waals surface area contributed by atoms with Gasteiger partial charge in [-0.3, -0.25) is 4.79 Å². The maximum atomic E-state index is 12.5. The number of carbonyl (C=O) groups excluding carboxylic acids is 1. The first kappa shape index (κ1) is 18.4. The van der Waals surface area contributed by atoms with Crippen molar-refractivity contribution >= 4 is 35.3 Å². The highest BCUT2D eigenvalue weighted by Crippen LogP contribution is 2.25. The van der Waals surface area contributed by atoms with Crippen LogP contribution in [0.3, 0.4) is 0 Å². The number of nitrogens with zero attached hydrogens (tertiary/aromatic N) is 4. The van der Waals surface area contributed by atoms with E-state index in [1.807, 2.05) is 27.1 Å². The van der Waals surface area contributed by atoms with Crippen molar-refractivity contribution in [2.45, 2.75) is 37.2 Å². The molecule has 1 atom stereocenters. The SMILES string of the molecule is C[C@@H](SCc1nc(N)nc(N(C)C)n1)C(=O)Nc1ccc2c(c1)CCC2. The van der Waals surface area contributed by atoms with Crippen molar-refractivity contribution in [3.8, 4) is 0 Å². The van der Waals surface area contributed by atoms with Crippen molar-refractivity contribution in [1.82, 2.24) is 15.0 Å². The molecule has 1 aromatic carbocycles. The van der Waals surface area contributed by atoms with E-state index in [-0.39, 0.29) is 17.1 Å². The number of nitrogen functional groups attached to an aromatic ring is 1. The van der Waals surface area contributed by atoms with Gasteiger partial charge >= 0.3 is 0 Å². The zero-order valence-electron chi connectivity index (χ0n) is 15.3. The number of hydrogen-bond acceptors (Lipinski definition) is 7. The van der Waals surface area contributed by atoms with Crippen molar-refractivity contribution in [1.29, 1.82) is 0 Å². The van der Waals surface area contributed by atoms with Crippen LogP contribution in [0.1, 0.15) is 30.3 Å². The minimum Gasteiger partial charge on any atom is -0.368 e. The summed E-state index contributed by atoms with van der Waals surface area (Å²) < 4.78 is 0. The number of nitrogens with one attached hydrogen (secondary N) is 1. The van der Waals surface area contributed by atoms with E-state index in [1.54, 1.807) is 4.90 Å². The summed E-state index contributed by atoms with van der Waals surface area (Å²) in [5.74, 6) is 1.75. The van der Waals surface area contributed by atoms with E-state index in [9.17, 15) is 4.79 Å². The number of anilines is 3. The maximum absolute atomic E-state index is 12.5. The fourth-order valence-electron chi connectivity index (χ4n) is 2.86. The third kappa shape index (κ3) is 4.43. The molecular formula is C18H24N6OS. The highest BCUT2D eigenvalue weighted by molar-refractivity contribution is 7.99. The van der Waals surface area contributed by atoms with Crippen LogP contribution in [-0.4, -0.2) is 40.2 Å². The van der Waals surface area contributed by atoms with Crippen LogP contribution < -0.4 is 16.0 Å². The van der Waals surface area contributed by atoms with Gasteiger partial charge in [-0.25, -0.2) is 0 Å². The molecular weight excluding hydrogens is 348 g/mol. The van der Waals surface area contributed by atoms with Crippen molar-refractivity contribution < 1.29 is 4.79 Å². The predicted molar refractivity (Wildman–Crippen MR) is 106 cm³/mol. The number of fused-ring (bicyclic) bond motifs is 1. The third-order valence-electron chi connectivity index (χ3n) is 4.28. The molecule has 1 amide bonds. The molecule has 138 valence electrons. The molecule has 0 unspecified atom stereocenters. The smallest absolute Gasteiger partial charge is 0.237 e. The first-order valence-electron chi connectivity index (χ1n) is 8.64. The minimum atomic E-state index is -0.232. The van der Waals surface area contributed by atoms with Crippen molar-refractivity contribution in [3.63, 3.8) is 0 Å². The van der Waals surface area contributed by atoms with E-state index < -0.39 is 0 Å². The molecule has 1 heterocycles. The van der Waals surface area contributed by atoms with Crippen LogP contribution in [-0.2, 0) is 23.4 Å². The molecule has 0 saturated heterocycles. The Morgan fingerprint density at radius 2 is 2.04 bits per heavy atom. The molecule has 0 fully saturated rings. The molecule has 0 spiro atoms. The van der Waals surface area contributed by atoms with Crippen molar-refractivity contribution in [2.24, 2.45) is 0 Å². The predicted octanol–water partition coefficient (Wildman–Crippen LogP) is 2.27. The van der Waals surface area contributed by atoms with Gasteiger partial charge in [0, 0.05) is 19.8 Å². The topological polar surface area (TPSA) is 97.0 Å². The Hall–Kier alpha value is -2.35. The number of nitrogens with two attached hydrogens (primary N) is 1. The third-order valence-corrected chi connectivity index (χ3v) is 5.42. The fraction of sp³-hybridized carbons (Fsp3) is 0.444. The van der Waals surface area contributed by atoms with E-state index in [1.165, 1.54) is 29.3 Å². The Kier molecular flexibility index (Phi) is 5.61. The standard InChI is InChI=1S/C18H24N6OS/c1-11(26-10-15-21-17(19)23-18(22-15)24(2)3)16(25)20-14-8-7-12-5-4-6-13(12)9-14/h7-9,11H,4-6,10H2,1-3H3,(H,20,25)(H2,19,21,22,23)/t11-/m1/s1. The number of thioether (sulfide) groups is 1. The maximum Gasteiger partial charge on any atom is 0.237 e. The number of benzene rings is 1. The summed E-state index contributed by atoms with van der Waals surface area (Å²) in [6.45, 7) is 1.88. The first-order chi connectivity index (χ1) is 12.4. The zero-order chi connectivity index (χ0) is 18.7. The summed E-state index contributed by atoms with van der Waals surface area (Å²) >= 11 is 1.47. The van der Waals surface area contributed by atoms with Gasteiger partial charge in [-0.2, -0.15) is 15.0 Å². The van der Waals surface area contributed by atoms with E-state index in [0.29, 0.717) is 17.5 Å². The summed E-state index contributed by atoms with van der Waals surface area (Å²) in [5, 5.41) is 2.77. The van der Waals surface area contributed by atoms with Crippen LogP contribution in [0.2, 0.25) is 0 Å². The second-order valence-electron chi connectivity index (χ2n) is 6.58. The molecule has 3 rings (SSSR count). The Morgan fingerprint density at radius 3 is 2.81 bits per heavy atom. The molecule has 8 heteroatoms. The largest absolute Gasteiger partial charge is 0.368 e. The van der Waals surface area contributed by atoms with E-state index in [4.69, 9.17) is 5.73 Å². The monoisotopic (exact) mass is 372 g/mol. The van der Waals surface area contributed by atoms with E-state index in [2.05, 4.69) is 32.4 Å². The second-order valence-corrected chi connectivity index (χ2v) is 7.91. The number of aryl methyl sites for hydroxylation is 2. The molecule has 0 saturated carbocycles. The molecule has 7 nitrogen and oxygen atoms in total. The number of rotatable bonds is 6. The molecule has 1 aliphatic rings. The van der Waals surface area contributed by atoms with Gasteiger partial charge in [0.15, 0.2) is 0 Å². The van der Waals surface area contributed by atoms with E-state index in [0.717, 1.165) is 18.5 Å². The number of amides is 1. The first-order valence-corrected chi connectivity index (χ1v) is 9.69. The summed E-state index contributed by atoms with van der Waals surface area (Å²) in [6.07, 6.45) is 3.43. The average molecular weight is 372 g/mol. The summed E-state index contributed by atoms with van der Waals surface area (Å²) in [6, 6.07) is 6.19. The van der Waals surface area contributed by atoms with Crippen LogP contribution in [0.25, 0.3) is 0 Å². The van der Waals surface area contributed by atoms with Gasteiger partial charge in [0.05, 0.1) is 11.0 Å². The lowest BCUT2D eigenvalue weighted by molar-refractivity contribution is -0.115. The van der Waals surface area contributed by atoms with Gasteiger partial charge in [0.25, 0.3) is 0 Å². The van der Waals surface area contributed by atoms with Gasteiger partial charge in [0.2, 0.25) is 17.8 Å². The fourth-order valence-corrected chi connectivity index (χ4v) is 3.60. The van der Waals surface area contributed by atoms with Gasteiger partial charge in [-0.15, -0.1) is 11.8 Å². The lowest BCUT2D eigenvalue weighted by Gasteiger charge is -2.14. The number of hydrogen-bond donors (Lipinski definition) is 2. The van der Waals surface area contributed by atoms with Crippen molar-refractivity contribution in [3.05, 3.63) is 35.2 Å². The Bertz CT molecular complexity index is 810. The Morgan fingerprint density at radius 1 is 1.27 bits per heavy atom. The summed E-state index contributed by atoms with van der Waals surface area (Å²) in [5.41, 5.74) is 9.34. The number of carbonyl (C=O) groups is 1. The quantitative estimate of drug-likeness (QED) is 0.803. The second kappa shape index (κ2) is 7.90. The minimum absolute atomic E-state index is 0.0252. The average Bonchev–Trinajstić information content (AvgIpc) is 3.06. The van der Waals surface area contributed by atoms with Crippen LogP contribution in [0.5, 0.6) is 0 Å². The van der Waals surface area contributed by atoms with Crippen LogP contribution >= 0.6 is 11.8 Å².